The van der Waals surface area contributed by atoms with E-state index in [1.54, 1.807) is 24.3 Å². The number of amides is 1. The lowest BCUT2D eigenvalue weighted by Gasteiger charge is -2.10. The second kappa shape index (κ2) is 9.81. The highest BCUT2D eigenvalue weighted by atomic mass is 19.4. The van der Waals surface area contributed by atoms with Crippen molar-refractivity contribution in [2.45, 2.75) is 6.18 Å². The van der Waals surface area contributed by atoms with Crippen LogP contribution in [0, 0.1) is 5.82 Å². The molecule has 3 heterocycles. The van der Waals surface area contributed by atoms with Crippen LogP contribution in [-0.2, 0) is 11.0 Å². The van der Waals surface area contributed by atoms with Crippen molar-refractivity contribution in [1.29, 1.82) is 0 Å². The molecule has 0 fully saturated rings. The zero-order chi connectivity index (χ0) is 27.7. The normalized spacial score (nSPS) is 11.4. The number of hydrogen-bond donors (Lipinski definition) is 2. The second-order valence-corrected chi connectivity index (χ2v) is 7.95. The molecule has 5 rings (SSSR count). The van der Waals surface area contributed by atoms with Gasteiger partial charge in [0.05, 0.1) is 0 Å². The van der Waals surface area contributed by atoms with Gasteiger partial charge in [-0.15, -0.1) is 14.8 Å². The minimum atomic E-state index is -4.72. The lowest BCUT2D eigenvalue weighted by atomic mass is 9.99. The molecule has 5 aromatic rings. The molecule has 3 N–H and O–H groups in total. The van der Waals surface area contributed by atoms with E-state index in [0.29, 0.717) is 39.7 Å². The van der Waals surface area contributed by atoms with Crippen LogP contribution in [-0.4, -0.2) is 35.7 Å². The maximum atomic E-state index is 15.2. The molecule has 39 heavy (non-hydrogen) atoms. The van der Waals surface area contributed by atoms with Crippen LogP contribution in [0.5, 0.6) is 11.8 Å². The third-order valence-corrected chi connectivity index (χ3v) is 5.43. The van der Waals surface area contributed by atoms with Gasteiger partial charge in [0.15, 0.2) is 23.1 Å². The van der Waals surface area contributed by atoms with Gasteiger partial charge < -0.3 is 15.8 Å². The molecule has 0 saturated carbocycles. The molecule has 14 heteroatoms. The standard InChI is InChI=1S/C25H16F4N8O2/c1-2-19(38)34-15-6-3-13(4-7-15)21-20(22-23(30)32-12-33-37(22)36-21)14-5-8-17(16(26)11-14)39-24-31-10-9-18(35-24)25(27,28)29/h2-12H,1H2,(H,34,38)(H2,30,32,33). The first-order valence-corrected chi connectivity index (χ1v) is 11.1. The Kier molecular flexibility index (Phi) is 6.35. The number of ether oxygens (including phenoxy) is 1. The van der Waals surface area contributed by atoms with E-state index in [1.807, 2.05) is 0 Å². The molecule has 0 aliphatic heterocycles. The van der Waals surface area contributed by atoms with Crippen LogP contribution >= 0.6 is 0 Å². The number of nitrogens with zero attached hydrogens (tertiary/aromatic N) is 6. The number of carbonyl (C=O) groups excluding carboxylic acids is 1. The summed E-state index contributed by atoms with van der Waals surface area (Å²) in [6.07, 6.45) is -1.51. The SMILES string of the molecule is C=CC(=O)Nc1ccc(-c2nn3ncnc(N)c3c2-c2ccc(Oc3nccc(C(F)(F)F)n3)c(F)c2)cc1. The summed E-state index contributed by atoms with van der Waals surface area (Å²) in [7, 11) is 0. The van der Waals surface area contributed by atoms with Gasteiger partial charge in [-0.2, -0.15) is 18.2 Å². The number of benzene rings is 2. The molecule has 0 spiro atoms. The first kappa shape index (κ1) is 25.3. The number of aromatic nitrogens is 6. The number of nitrogens with two attached hydrogens (primary N) is 1. The van der Waals surface area contributed by atoms with E-state index >= 15 is 4.39 Å². The predicted octanol–water partition coefficient (Wildman–Crippen LogP) is 4.91. The van der Waals surface area contributed by atoms with Crippen LogP contribution in [0.2, 0.25) is 0 Å². The summed E-state index contributed by atoms with van der Waals surface area (Å²) in [5, 5.41) is 11.2. The summed E-state index contributed by atoms with van der Waals surface area (Å²) in [4.78, 5) is 22.5. The van der Waals surface area contributed by atoms with Gasteiger partial charge in [0.1, 0.15) is 17.5 Å². The molecule has 0 saturated heterocycles. The lowest BCUT2D eigenvalue weighted by molar-refractivity contribution is -0.141. The first-order valence-electron chi connectivity index (χ1n) is 11.1. The minimum absolute atomic E-state index is 0.0757. The molecule has 0 aliphatic carbocycles. The minimum Gasteiger partial charge on any atom is -0.421 e. The zero-order valence-corrected chi connectivity index (χ0v) is 19.6. The fourth-order valence-electron chi connectivity index (χ4n) is 3.68. The molecule has 0 radical (unpaired) electrons. The van der Waals surface area contributed by atoms with E-state index in [2.05, 4.69) is 37.0 Å². The van der Waals surface area contributed by atoms with Gasteiger partial charge in [-0.3, -0.25) is 4.79 Å². The third kappa shape index (κ3) is 5.07. The summed E-state index contributed by atoms with van der Waals surface area (Å²) in [6.45, 7) is 3.41. The van der Waals surface area contributed by atoms with Crippen molar-refractivity contribution in [2.75, 3.05) is 11.1 Å². The fourth-order valence-corrected chi connectivity index (χ4v) is 3.68. The summed E-state index contributed by atoms with van der Waals surface area (Å²) in [6, 6.07) is 10.5. The Hall–Kier alpha value is -5.40. The van der Waals surface area contributed by atoms with Crippen molar-refractivity contribution in [2.24, 2.45) is 0 Å². The van der Waals surface area contributed by atoms with Crippen LogP contribution in [0.25, 0.3) is 27.9 Å². The number of fused-ring (bicyclic) bond motifs is 1. The van der Waals surface area contributed by atoms with E-state index in [1.165, 1.54) is 23.1 Å². The third-order valence-electron chi connectivity index (χ3n) is 5.43. The van der Waals surface area contributed by atoms with Gasteiger partial charge in [0, 0.05) is 23.0 Å². The molecule has 1 amide bonds. The second-order valence-electron chi connectivity index (χ2n) is 7.95. The Morgan fingerprint density at radius 1 is 1.08 bits per heavy atom. The molecule has 0 atom stereocenters. The average molecular weight is 536 g/mol. The number of hydrogen-bond acceptors (Lipinski definition) is 8. The van der Waals surface area contributed by atoms with E-state index in [4.69, 9.17) is 10.5 Å². The molecule has 0 aliphatic rings. The van der Waals surface area contributed by atoms with Gasteiger partial charge in [-0.1, -0.05) is 24.8 Å². The quantitative estimate of drug-likeness (QED) is 0.231. The Morgan fingerprint density at radius 3 is 2.51 bits per heavy atom. The molecule has 0 bridgehead atoms. The number of nitrogen functional groups attached to an aromatic ring is 1. The predicted molar refractivity (Wildman–Crippen MR) is 132 cm³/mol. The summed E-state index contributed by atoms with van der Waals surface area (Å²) < 4.78 is 60.5. The molecular formula is C25H16F4N8O2. The fraction of sp³-hybridized carbons (Fsp3) is 0.0400. The topological polar surface area (TPSA) is 133 Å². The number of anilines is 2. The highest BCUT2D eigenvalue weighted by Crippen LogP contribution is 2.39. The number of rotatable bonds is 6. The van der Waals surface area contributed by atoms with Crippen LogP contribution in [0.3, 0.4) is 0 Å². The van der Waals surface area contributed by atoms with Gasteiger partial charge in [0.25, 0.3) is 0 Å². The van der Waals surface area contributed by atoms with Crippen molar-refractivity contribution in [3.63, 3.8) is 0 Å². The Labute approximate surface area is 216 Å². The molecule has 2 aromatic carbocycles. The van der Waals surface area contributed by atoms with Crippen LogP contribution in [0.1, 0.15) is 5.69 Å². The molecular weight excluding hydrogens is 520 g/mol. The number of halogens is 4. The van der Waals surface area contributed by atoms with Crippen molar-refractivity contribution in [1.82, 2.24) is 29.8 Å². The maximum Gasteiger partial charge on any atom is 0.433 e. The van der Waals surface area contributed by atoms with Gasteiger partial charge >= 0.3 is 12.2 Å². The van der Waals surface area contributed by atoms with E-state index in [0.717, 1.165) is 18.3 Å². The van der Waals surface area contributed by atoms with Crippen molar-refractivity contribution < 1.29 is 27.1 Å². The zero-order valence-electron chi connectivity index (χ0n) is 19.6. The van der Waals surface area contributed by atoms with Gasteiger partial charge in [-0.05, 0) is 42.0 Å². The largest absolute Gasteiger partial charge is 0.433 e. The van der Waals surface area contributed by atoms with Gasteiger partial charge in [-0.25, -0.2) is 14.4 Å². The van der Waals surface area contributed by atoms with E-state index < -0.39 is 29.4 Å². The average Bonchev–Trinajstić information content (AvgIpc) is 3.31. The Bertz CT molecular complexity index is 1720. The summed E-state index contributed by atoms with van der Waals surface area (Å²) in [5.41, 5.74) is 7.33. The van der Waals surface area contributed by atoms with Crippen LogP contribution in [0.15, 0.2) is 73.7 Å². The monoisotopic (exact) mass is 536 g/mol. The molecule has 3 aromatic heterocycles. The summed E-state index contributed by atoms with van der Waals surface area (Å²) >= 11 is 0. The highest BCUT2D eigenvalue weighted by Gasteiger charge is 2.33. The smallest absolute Gasteiger partial charge is 0.421 e. The Balaban J connectivity index is 1.55. The van der Waals surface area contributed by atoms with Gasteiger partial charge in [0.2, 0.25) is 5.91 Å². The first-order chi connectivity index (χ1) is 18.6. The number of alkyl halides is 3. The van der Waals surface area contributed by atoms with E-state index in [-0.39, 0.29) is 11.7 Å². The maximum absolute atomic E-state index is 15.2. The van der Waals surface area contributed by atoms with Crippen molar-refractivity contribution >= 4 is 22.9 Å². The van der Waals surface area contributed by atoms with Crippen molar-refractivity contribution in [3.05, 3.63) is 85.2 Å². The van der Waals surface area contributed by atoms with Crippen molar-refractivity contribution in [3.8, 4) is 34.1 Å². The number of carbonyl (C=O) groups is 1. The summed E-state index contributed by atoms with van der Waals surface area (Å²) in [5.74, 6) is -1.61. The Morgan fingerprint density at radius 2 is 1.82 bits per heavy atom. The molecule has 0 unspecified atom stereocenters. The van der Waals surface area contributed by atoms with E-state index in [9.17, 15) is 18.0 Å². The molecule has 10 nitrogen and oxygen atoms in total. The lowest BCUT2D eigenvalue weighted by Crippen LogP contribution is -2.09. The highest BCUT2D eigenvalue weighted by molar-refractivity contribution is 5.99. The van der Waals surface area contributed by atoms with Crippen LogP contribution < -0.4 is 15.8 Å². The molecule has 196 valence electrons. The number of nitrogens with one attached hydrogen (secondary N) is 1. The van der Waals surface area contributed by atoms with Crippen LogP contribution in [0.4, 0.5) is 29.1 Å².